The van der Waals surface area contributed by atoms with Crippen LogP contribution in [0.25, 0.3) is 11.3 Å². The molecule has 94 valence electrons. The van der Waals surface area contributed by atoms with Crippen LogP contribution >= 0.6 is 11.8 Å². The molecule has 2 aromatic rings. The Morgan fingerprint density at radius 1 is 1.33 bits per heavy atom. The average Bonchev–Trinajstić information content (AvgIpc) is 2.78. The van der Waals surface area contributed by atoms with Gasteiger partial charge in [0, 0.05) is 10.1 Å². The van der Waals surface area contributed by atoms with E-state index in [1.54, 1.807) is 6.20 Å². The van der Waals surface area contributed by atoms with Gasteiger partial charge < -0.3 is 10.7 Å². The van der Waals surface area contributed by atoms with E-state index in [0.717, 1.165) is 11.3 Å². The Kier molecular flexibility index (Phi) is 3.72. The molecular formula is C13H15N3OS. The zero-order valence-corrected chi connectivity index (χ0v) is 11.1. The van der Waals surface area contributed by atoms with E-state index in [9.17, 15) is 4.79 Å². The third kappa shape index (κ3) is 2.92. The van der Waals surface area contributed by atoms with Gasteiger partial charge in [0.1, 0.15) is 0 Å². The van der Waals surface area contributed by atoms with Crippen LogP contribution < -0.4 is 5.73 Å². The number of amides is 1. The summed E-state index contributed by atoms with van der Waals surface area (Å²) in [4.78, 5) is 19.0. The fourth-order valence-electron chi connectivity index (χ4n) is 1.58. The van der Waals surface area contributed by atoms with E-state index >= 15 is 0 Å². The number of thioether (sulfide) groups is 1. The van der Waals surface area contributed by atoms with E-state index < -0.39 is 5.91 Å². The highest BCUT2D eigenvalue weighted by Crippen LogP contribution is 2.25. The highest BCUT2D eigenvalue weighted by Gasteiger charge is 2.07. The second-order valence-corrected chi connectivity index (χ2v) is 5.85. The van der Waals surface area contributed by atoms with Crippen LogP contribution in [0.15, 0.2) is 35.4 Å². The number of nitrogens with one attached hydrogen (secondary N) is 1. The van der Waals surface area contributed by atoms with Crippen LogP contribution in [0.4, 0.5) is 0 Å². The molecule has 0 fully saturated rings. The zero-order valence-electron chi connectivity index (χ0n) is 10.3. The highest BCUT2D eigenvalue weighted by molar-refractivity contribution is 7.99. The summed E-state index contributed by atoms with van der Waals surface area (Å²) in [6.07, 6.45) is 1.62. The van der Waals surface area contributed by atoms with Gasteiger partial charge in [-0.1, -0.05) is 26.0 Å². The molecule has 0 atom stereocenters. The molecule has 0 bridgehead atoms. The quantitative estimate of drug-likeness (QED) is 0.831. The van der Waals surface area contributed by atoms with E-state index in [4.69, 9.17) is 5.73 Å². The van der Waals surface area contributed by atoms with Gasteiger partial charge in [-0.3, -0.25) is 4.79 Å². The minimum atomic E-state index is -0.548. The maximum Gasteiger partial charge on any atom is 0.284 e. The number of hydrogen-bond donors (Lipinski definition) is 2. The number of rotatable bonds is 4. The maximum atomic E-state index is 10.9. The lowest BCUT2D eigenvalue weighted by Gasteiger charge is -2.05. The minimum Gasteiger partial charge on any atom is -0.363 e. The fraction of sp³-hybridized carbons (Fsp3) is 0.231. The van der Waals surface area contributed by atoms with Crippen molar-refractivity contribution in [1.82, 2.24) is 9.97 Å². The fourth-order valence-corrected chi connectivity index (χ4v) is 2.42. The smallest absolute Gasteiger partial charge is 0.284 e. The molecule has 18 heavy (non-hydrogen) atoms. The van der Waals surface area contributed by atoms with Crippen molar-refractivity contribution in [1.29, 1.82) is 0 Å². The van der Waals surface area contributed by atoms with Crippen molar-refractivity contribution in [2.75, 3.05) is 0 Å². The van der Waals surface area contributed by atoms with Crippen molar-refractivity contribution < 1.29 is 4.79 Å². The molecule has 1 aromatic carbocycles. The highest BCUT2D eigenvalue weighted by atomic mass is 32.2. The number of imidazole rings is 1. The number of benzene rings is 1. The van der Waals surface area contributed by atoms with Crippen molar-refractivity contribution in [2.45, 2.75) is 24.0 Å². The zero-order chi connectivity index (χ0) is 13.1. The number of hydrogen-bond acceptors (Lipinski definition) is 3. The molecular weight excluding hydrogens is 246 g/mol. The number of nitrogens with two attached hydrogens (primary N) is 1. The summed E-state index contributed by atoms with van der Waals surface area (Å²) in [5, 5.41) is 0.560. The Morgan fingerprint density at radius 2 is 2.00 bits per heavy atom. The summed E-state index contributed by atoms with van der Waals surface area (Å²) < 4.78 is 0. The lowest BCUT2D eigenvalue weighted by molar-refractivity contribution is 0.0991. The largest absolute Gasteiger partial charge is 0.363 e. The number of carbonyl (C=O) groups excluding carboxylic acids is 1. The molecule has 0 aliphatic heterocycles. The van der Waals surface area contributed by atoms with Gasteiger partial charge in [0.2, 0.25) is 0 Å². The molecule has 2 rings (SSSR count). The predicted octanol–water partition coefficient (Wildman–Crippen LogP) is 2.68. The molecule has 4 nitrogen and oxygen atoms in total. The monoisotopic (exact) mass is 261 g/mol. The Bertz CT molecular complexity index is 546. The van der Waals surface area contributed by atoms with Gasteiger partial charge in [0.25, 0.3) is 5.91 Å². The number of nitrogens with zero attached hydrogens (tertiary/aromatic N) is 1. The number of primary amides is 1. The number of carbonyl (C=O) groups is 1. The summed E-state index contributed by atoms with van der Waals surface area (Å²) in [5.74, 6) is -0.362. The van der Waals surface area contributed by atoms with Crippen molar-refractivity contribution in [3.8, 4) is 11.3 Å². The molecule has 0 saturated heterocycles. The Hall–Kier alpha value is -1.75. The summed E-state index contributed by atoms with van der Waals surface area (Å²) in [5.41, 5.74) is 6.93. The Balaban J connectivity index is 2.20. The topological polar surface area (TPSA) is 71.8 Å². The van der Waals surface area contributed by atoms with Crippen LogP contribution in [0, 0.1) is 0 Å². The molecule has 0 aliphatic rings. The molecule has 0 saturated carbocycles. The van der Waals surface area contributed by atoms with Crippen molar-refractivity contribution in [3.05, 3.63) is 36.3 Å². The van der Waals surface area contributed by atoms with Crippen LogP contribution in [-0.2, 0) is 0 Å². The van der Waals surface area contributed by atoms with Crippen LogP contribution in [-0.4, -0.2) is 21.1 Å². The predicted molar refractivity (Wildman–Crippen MR) is 73.5 cm³/mol. The third-order valence-electron chi connectivity index (χ3n) is 2.35. The first kappa shape index (κ1) is 12.7. The van der Waals surface area contributed by atoms with Crippen LogP contribution in [0.2, 0.25) is 0 Å². The second kappa shape index (κ2) is 5.27. The maximum absolute atomic E-state index is 10.9. The number of H-pyrrole nitrogens is 1. The summed E-state index contributed by atoms with van der Waals surface area (Å²) >= 11 is 1.81. The van der Waals surface area contributed by atoms with Gasteiger partial charge in [-0.25, -0.2) is 4.98 Å². The molecule has 0 radical (unpaired) electrons. The summed E-state index contributed by atoms with van der Waals surface area (Å²) in [7, 11) is 0. The number of aromatic amines is 1. The lowest BCUT2D eigenvalue weighted by Crippen LogP contribution is -2.12. The molecule has 0 spiro atoms. The molecule has 1 heterocycles. The number of aromatic nitrogens is 2. The minimum absolute atomic E-state index is 0.186. The van der Waals surface area contributed by atoms with E-state index in [-0.39, 0.29) is 5.82 Å². The van der Waals surface area contributed by atoms with E-state index in [1.165, 1.54) is 4.90 Å². The summed E-state index contributed by atoms with van der Waals surface area (Å²) in [6.45, 7) is 4.32. The third-order valence-corrected chi connectivity index (χ3v) is 3.36. The first-order valence-electron chi connectivity index (χ1n) is 5.68. The standard InChI is InChI=1S/C13H15N3OS/c1-8(2)18-10-5-3-9(4-6-10)11-7-15-13(16-11)12(14)17/h3-8H,1-2H3,(H2,14,17)(H,15,16). The van der Waals surface area contributed by atoms with Crippen LogP contribution in [0.1, 0.15) is 24.5 Å². The molecule has 1 amide bonds. The first-order chi connectivity index (χ1) is 8.56. The average molecular weight is 261 g/mol. The van der Waals surface area contributed by atoms with Gasteiger partial charge in [0.15, 0.2) is 5.82 Å². The molecule has 5 heteroatoms. The Labute approximate surface area is 110 Å². The molecule has 1 aromatic heterocycles. The molecule has 0 unspecified atom stereocenters. The van der Waals surface area contributed by atoms with E-state index in [2.05, 4.69) is 35.9 Å². The van der Waals surface area contributed by atoms with Crippen LogP contribution in [0.5, 0.6) is 0 Å². The van der Waals surface area contributed by atoms with Gasteiger partial charge in [-0.15, -0.1) is 11.8 Å². The van der Waals surface area contributed by atoms with Gasteiger partial charge in [0.05, 0.1) is 11.9 Å². The normalized spacial score (nSPS) is 10.8. The van der Waals surface area contributed by atoms with Crippen LogP contribution in [0.3, 0.4) is 0 Å². The molecule has 0 aliphatic carbocycles. The first-order valence-corrected chi connectivity index (χ1v) is 6.56. The van der Waals surface area contributed by atoms with Gasteiger partial charge in [-0.2, -0.15) is 0 Å². The summed E-state index contributed by atoms with van der Waals surface area (Å²) in [6, 6.07) is 8.13. The molecule has 3 N–H and O–H groups in total. The van der Waals surface area contributed by atoms with Gasteiger partial charge in [-0.05, 0) is 17.7 Å². The SMILES string of the molecule is CC(C)Sc1ccc(-c2cnc(C(N)=O)[nH]2)cc1. The second-order valence-electron chi connectivity index (χ2n) is 4.20. The van der Waals surface area contributed by atoms with E-state index in [0.29, 0.717) is 5.25 Å². The van der Waals surface area contributed by atoms with Crippen molar-refractivity contribution >= 4 is 17.7 Å². The van der Waals surface area contributed by atoms with Crippen molar-refractivity contribution in [2.24, 2.45) is 5.73 Å². The van der Waals surface area contributed by atoms with Crippen molar-refractivity contribution in [3.63, 3.8) is 0 Å². The van der Waals surface area contributed by atoms with Gasteiger partial charge >= 0.3 is 0 Å². The lowest BCUT2D eigenvalue weighted by atomic mass is 10.2. The Morgan fingerprint density at radius 3 is 2.50 bits per heavy atom. The van der Waals surface area contributed by atoms with E-state index in [1.807, 2.05) is 23.9 Å².